The van der Waals surface area contributed by atoms with Gasteiger partial charge in [-0.1, -0.05) is 42.1 Å². The van der Waals surface area contributed by atoms with Gasteiger partial charge in [0.15, 0.2) is 5.16 Å². The van der Waals surface area contributed by atoms with Crippen LogP contribution in [0.3, 0.4) is 0 Å². The molecule has 1 aromatic carbocycles. The van der Waals surface area contributed by atoms with E-state index in [1.165, 1.54) is 11.6 Å². The van der Waals surface area contributed by atoms with Crippen LogP contribution in [0.2, 0.25) is 0 Å². The van der Waals surface area contributed by atoms with E-state index in [1.807, 2.05) is 29.0 Å². The molecule has 1 aliphatic heterocycles. The SMILES string of the molecule is O=c1ccn2c(n1)S[C@@H](c1ccccc1)C2. The van der Waals surface area contributed by atoms with Crippen molar-refractivity contribution in [1.29, 1.82) is 0 Å². The van der Waals surface area contributed by atoms with Crippen molar-refractivity contribution in [3.63, 3.8) is 0 Å². The lowest BCUT2D eigenvalue weighted by Gasteiger charge is -2.06. The quantitative estimate of drug-likeness (QED) is 0.704. The van der Waals surface area contributed by atoms with Crippen LogP contribution in [0.25, 0.3) is 0 Å². The highest BCUT2D eigenvalue weighted by atomic mass is 32.2. The van der Waals surface area contributed by atoms with E-state index in [2.05, 4.69) is 17.1 Å². The van der Waals surface area contributed by atoms with E-state index in [4.69, 9.17) is 0 Å². The molecule has 0 saturated carbocycles. The summed E-state index contributed by atoms with van der Waals surface area (Å²) in [5.41, 5.74) is 1.12. The smallest absolute Gasteiger partial charge is 0.273 e. The molecule has 1 aromatic heterocycles. The fourth-order valence-electron chi connectivity index (χ4n) is 1.83. The standard InChI is InChI=1S/C12H10N2OS/c15-11-6-7-14-8-10(16-12(14)13-11)9-4-2-1-3-5-9/h1-7,10H,8H2/t10-/m1/s1. The van der Waals surface area contributed by atoms with Crippen LogP contribution in [-0.4, -0.2) is 9.55 Å². The van der Waals surface area contributed by atoms with Crippen LogP contribution < -0.4 is 5.56 Å². The first-order valence-electron chi connectivity index (χ1n) is 5.12. The molecule has 1 aliphatic rings. The molecule has 0 amide bonds. The predicted octanol–water partition coefficient (Wildman–Crippen LogP) is 2.09. The van der Waals surface area contributed by atoms with E-state index < -0.39 is 0 Å². The maximum Gasteiger partial charge on any atom is 0.273 e. The predicted molar refractivity (Wildman–Crippen MR) is 63.5 cm³/mol. The Bertz CT molecular complexity index is 565. The molecule has 0 spiro atoms. The van der Waals surface area contributed by atoms with Gasteiger partial charge in [-0.25, -0.2) is 0 Å². The summed E-state index contributed by atoms with van der Waals surface area (Å²) in [4.78, 5) is 15.1. The molecule has 0 fully saturated rings. The first-order chi connectivity index (χ1) is 7.83. The van der Waals surface area contributed by atoms with Crippen molar-refractivity contribution in [3.05, 3.63) is 58.5 Å². The van der Waals surface area contributed by atoms with Gasteiger partial charge in [0.1, 0.15) is 0 Å². The topological polar surface area (TPSA) is 34.9 Å². The average molecular weight is 230 g/mol. The van der Waals surface area contributed by atoms with Crippen LogP contribution in [-0.2, 0) is 6.54 Å². The largest absolute Gasteiger partial charge is 0.326 e. The van der Waals surface area contributed by atoms with Gasteiger partial charge in [0.2, 0.25) is 0 Å². The number of benzene rings is 1. The van der Waals surface area contributed by atoms with Crippen molar-refractivity contribution in [2.24, 2.45) is 0 Å². The van der Waals surface area contributed by atoms with Crippen molar-refractivity contribution in [2.45, 2.75) is 17.0 Å². The Kier molecular flexibility index (Phi) is 2.29. The first-order valence-corrected chi connectivity index (χ1v) is 6.00. The number of nitrogens with zero attached hydrogens (tertiary/aromatic N) is 2. The summed E-state index contributed by atoms with van der Waals surface area (Å²) in [6.07, 6.45) is 1.82. The summed E-state index contributed by atoms with van der Waals surface area (Å²) in [6.45, 7) is 0.886. The molecular formula is C12H10N2OS. The monoisotopic (exact) mass is 230 g/mol. The van der Waals surface area contributed by atoms with Crippen LogP contribution in [0.1, 0.15) is 10.8 Å². The van der Waals surface area contributed by atoms with Crippen LogP contribution in [0.15, 0.2) is 52.5 Å². The molecule has 2 aromatic rings. The second kappa shape index (κ2) is 3.79. The van der Waals surface area contributed by atoms with Gasteiger partial charge in [-0.05, 0) is 5.56 Å². The number of hydrogen-bond donors (Lipinski definition) is 0. The third-order valence-electron chi connectivity index (χ3n) is 2.63. The van der Waals surface area contributed by atoms with Gasteiger partial charge < -0.3 is 4.57 Å². The van der Waals surface area contributed by atoms with E-state index in [1.54, 1.807) is 11.8 Å². The summed E-state index contributed by atoms with van der Waals surface area (Å²) in [6, 6.07) is 11.8. The normalized spacial score (nSPS) is 18.4. The second-order valence-corrected chi connectivity index (χ2v) is 4.89. The molecule has 0 aliphatic carbocycles. The molecule has 0 N–H and O–H groups in total. The van der Waals surface area contributed by atoms with Gasteiger partial charge in [-0.15, -0.1) is 0 Å². The maximum atomic E-state index is 11.1. The Morgan fingerprint density at radius 3 is 2.88 bits per heavy atom. The van der Waals surface area contributed by atoms with E-state index >= 15 is 0 Å². The number of aromatic nitrogens is 2. The molecule has 2 heterocycles. The van der Waals surface area contributed by atoms with Crippen molar-refractivity contribution in [1.82, 2.24) is 9.55 Å². The van der Waals surface area contributed by atoms with Crippen molar-refractivity contribution in [3.8, 4) is 0 Å². The third kappa shape index (κ3) is 1.65. The van der Waals surface area contributed by atoms with Crippen molar-refractivity contribution >= 4 is 11.8 Å². The molecule has 0 bridgehead atoms. The van der Waals surface area contributed by atoms with Crippen LogP contribution >= 0.6 is 11.8 Å². The Hall–Kier alpha value is -1.55. The highest BCUT2D eigenvalue weighted by Crippen LogP contribution is 2.40. The summed E-state index contributed by atoms with van der Waals surface area (Å²) in [5, 5.41) is 1.19. The minimum Gasteiger partial charge on any atom is -0.326 e. The minimum absolute atomic E-state index is 0.160. The highest BCUT2D eigenvalue weighted by Gasteiger charge is 2.23. The van der Waals surface area contributed by atoms with Crippen LogP contribution in [0.5, 0.6) is 0 Å². The van der Waals surface area contributed by atoms with Crippen molar-refractivity contribution < 1.29 is 0 Å². The lowest BCUT2D eigenvalue weighted by Crippen LogP contribution is -2.09. The fraction of sp³-hybridized carbons (Fsp3) is 0.167. The minimum atomic E-state index is -0.160. The molecule has 0 radical (unpaired) electrons. The maximum absolute atomic E-state index is 11.1. The molecular weight excluding hydrogens is 220 g/mol. The summed E-state index contributed by atoms with van der Waals surface area (Å²) in [5.74, 6) is 0. The summed E-state index contributed by atoms with van der Waals surface area (Å²) in [7, 11) is 0. The first kappa shape index (κ1) is 9.66. The van der Waals surface area contributed by atoms with Crippen LogP contribution in [0.4, 0.5) is 0 Å². The van der Waals surface area contributed by atoms with Gasteiger partial charge in [0, 0.05) is 18.8 Å². The summed E-state index contributed by atoms with van der Waals surface area (Å²) < 4.78 is 2.03. The van der Waals surface area contributed by atoms with Gasteiger partial charge >= 0.3 is 0 Å². The van der Waals surface area contributed by atoms with Gasteiger partial charge in [0.05, 0.1) is 5.25 Å². The zero-order valence-electron chi connectivity index (χ0n) is 8.54. The number of hydrogen-bond acceptors (Lipinski definition) is 3. The lowest BCUT2D eigenvalue weighted by atomic mass is 10.1. The molecule has 3 nitrogen and oxygen atoms in total. The Labute approximate surface area is 97.1 Å². The van der Waals surface area contributed by atoms with Gasteiger partial charge in [-0.3, -0.25) is 4.79 Å². The zero-order chi connectivity index (χ0) is 11.0. The fourth-order valence-corrected chi connectivity index (χ4v) is 3.03. The number of thioether (sulfide) groups is 1. The van der Waals surface area contributed by atoms with Gasteiger partial charge in [0.25, 0.3) is 5.56 Å². The van der Waals surface area contributed by atoms with E-state index in [9.17, 15) is 4.79 Å². The lowest BCUT2D eigenvalue weighted by molar-refractivity contribution is 0.631. The molecule has 16 heavy (non-hydrogen) atoms. The van der Waals surface area contributed by atoms with E-state index in [0.29, 0.717) is 5.25 Å². The molecule has 0 unspecified atom stereocenters. The Balaban J connectivity index is 1.94. The summed E-state index contributed by atoms with van der Waals surface area (Å²) >= 11 is 1.66. The number of fused-ring (bicyclic) bond motifs is 1. The molecule has 3 rings (SSSR count). The average Bonchev–Trinajstić information content (AvgIpc) is 2.73. The number of rotatable bonds is 1. The van der Waals surface area contributed by atoms with E-state index in [0.717, 1.165) is 11.7 Å². The third-order valence-corrected chi connectivity index (χ3v) is 3.87. The van der Waals surface area contributed by atoms with Gasteiger partial charge in [-0.2, -0.15) is 4.98 Å². The Morgan fingerprint density at radius 2 is 2.06 bits per heavy atom. The zero-order valence-corrected chi connectivity index (χ0v) is 9.35. The van der Waals surface area contributed by atoms with E-state index in [-0.39, 0.29) is 5.56 Å². The molecule has 1 atom stereocenters. The molecule has 4 heteroatoms. The van der Waals surface area contributed by atoms with Crippen molar-refractivity contribution in [2.75, 3.05) is 0 Å². The molecule has 80 valence electrons. The molecule has 0 saturated heterocycles. The Morgan fingerprint density at radius 1 is 1.25 bits per heavy atom. The highest BCUT2D eigenvalue weighted by molar-refractivity contribution is 7.99. The second-order valence-electron chi connectivity index (χ2n) is 3.72. The van der Waals surface area contributed by atoms with Crippen LogP contribution in [0, 0.1) is 0 Å².